The molecule has 0 bridgehead atoms. The maximum Gasteiger partial charge on any atom is 0.660 e. The average Bonchev–Trinajstić information content (AvgIpc) is 2.03. The molecule has 0 spiro atoms. The molecule has 0 saturated carbocycles. The molecule has 0 aliphatic carbocycles. The fraction of sp³-hybridized carbons (Fsp3) is 0. The Morgan fingerprint density at radius 1 is 1.23 bits per heavy atom. The van der Waals surface area contributed by atoms with Gasteiger partial charge in [-0.1, -0.05) is 12.1 Å². The molecule has 13 heavy (non-hydrogen) atoms. The van der Waals surface area contributed by atoms with Crippen molar-refractivity contribution in [1.29, 1.82) is 0 Å². The molecule has 0 heterocycles. The molecule has 0 amide bonds. The van der Waals surface area contributed by atoms with Crippen LogP contribution in [0.5, 0.6) is 0 Å². The standard InChI is InChI=1S/C6H4F3NO2Si/c7-13(8,9)6-4-2-1-3-5(6)10(11)12/h1-4H. The normalized spacial score (nSPS) is 11.3. The van der Waals surface area contributed by atoms with E-state index in [1.54, 1.807) is 0 Å². The highest BCUT2D eigenvalue weighted by Gasteiger charge is 2.45. The summed E-state index contributed by atoms with van der Waals surface area (Å²) in [6.45, 7) is 0. The monoisotopic (exact) mass is 207 g/mol. The second-order valence-corrected chi connectivity index (χ2v) is 3.81. The zero-order valence-corrected chi connectivity index (χ0v) is 7.21. The molecule has 0 radical (unpaired) electrons. The molecule has 70 valence electrons. The van der Waals surface area contributed by atoms with Crippen LogP contribution in [0, 0.1) is 10.1 Å². The lowest BCUT2D eigenvalue weighted by molar-refractivity contribution is -0.383. The van der Waals surface area contributed by atoms with Crippen molar-refractivity contribution < 1.29 is 17.2 Å². The van der Waals surface area contributed by atoms with Gasteiger partial charge in [0, 0.05) is 6.07 Å². The predicted molar refractivity (Wildman–Crippen MR) is 41.8 cm³/mol. The van der Waals surface area contributed by atoms with Crippen LogP contribution in [0.25, 0.3) is 0 Å². The van der Waals surface area contributed by atoms with Crippen LogP contribution >= 0.6 is 0 Å². The van der Waals surface area contributed by atoms with Crippen molar-refractivity contribution in [1.82, 2.24) is 0 Å². The van der Waals surface area contributed by atoms with Gasteiger partial charge in [0.05, 0.1) is 4.92 Å². The number of nitro groups is 1. The van der Waals surface area contributed by atoms with E-state index in [-0.39, 0.29) is 0 Å². The Morgan fingerprint density at radius 2 is 1.77 bits per heavy atom. The maximum atomic E-state index is 12.2. The average molecular weight is 207 g/mol. The highest BCUT2D eigenvalue weighted by molar-refractivity contribution is 6.74. The van der Waals surface area contributed by atoms with Gasteiger partial charge in [-0.05, 0) is 6.07 Å². The topological polar surface area (TPSA) is 43.1 Å². The fourth-order valence-corrected chi connectivity index (χ4v) is 1.62. The quantitative estimate of drug-likeness (QED) is 0.320. The molecule has 0 aliphatic rings. The van der Waals surface area contributed by atoms with Crippen molar-refractivity contribution in [2.45, 2.75) is 0 Å². The second-order valence-electron chi connectivity index (χ2n) is 2.27. The van der Waals surface area contributed by atoms with E-state index < -0.39 is 24.9 Å². The SMILES string of the molecule is O=[N+]([O-])c1ccccc1[Si](F)(F)F. The second kappa shape index (κ2) is 3.17. The first kappa shape index (κ1) is 9.71. The zero-order chi connectivity index (χ0) is 10.1. The van der Waals surface area contributed by atoms with E-state index in [0.29, 0.717) is 0 Å². The van der Waals surface area contributed by atoms with Gasteiger partial charge in [-0.2, -0.15) is 0 Å². The number of para-hydroxylation sites is 1. The third-order valence-electron chi connectivity index (χ3n) is 1.41. The summed E-state index contributed by atoms with van der Waals surface area (Å²) in [6.07, 6.45) is 0. The summed E-state index contributed by atoms with van der Waals surface area (Å²) in [4.78, 5) is 9.18. The molecule has 0 aliphatic heterocycles. The first-order chi connectivity index (χ1) is 5.93. The van der Waals surface area contributed by atoms with Crippen molar-refractivity contribution in [2.75, 3.05) is 0 Å². The first-order valence-electron chi connectivity index (χ1n) is 3.23. The number of nitrogens with zero attached hydrogens (tertiary/aromatic N) is 1. The Labute approximate surface area is 72.5 Å². The molecule has 1 rings (SSSR count). The molecule has 1 aromatic carbocycles. The van der Waals surface area contributed by atoms with Crippen molar-refractivity contribution in [3.05, 3.63) is 34.4 Å². The Hall–Kier alpha value is -1.37. The van der Waals surface area contributed by atoms with E-state index in [9.17, 15) is 22.4 Å². The number of nitro benzene ring substituents is 1. The molecule has 3 nitrogen and oxygen atoms in total. The van der Waals surface area contributed by atoms with Crippen molar-refractivity contribution >= 4 is 19.9 Å². The van der Waals surface area contributed by atoms with Gasteiger partial charge in [0.2, 0.25) is 0 Å². The highest BCUT2D eigenvalue weighted by Crippen LogP contribution is 2.16. The van der Waals surface area contributed by atoms with Gasteiger partial charge in [0.1, 0.15) is 5.19 Å². The summed E-state index contributed by atoms with van der Waals surface area (Å²) < 4.78 is 36.7. The minimum Gasteiger partial charge on any atom is -0.258 e. The van der Waals surface area contributed by atoms with E-state index >= 15 is 0 Å². The highest BCUT2D eigenvalue weighted by atomic mass is 28.5. The number of hydrogen-bond donors (Lipinski definition) is 0. The molecule has 0 fully saturated rings. The van der Waals surface area contributed by atoms with Crippen LogP contribution in [0.2, 0.25) is 0 Å². The summed E-state index contributed by atoms with van der Waals surface area (Å²) >= 11 is 0. The summed E-state index contributed by atoms with van der Waals surface area (Å²) in [5.41, 5.74) is -0.860. The molecule has 1 aromatic rings. The van der Waals surface area contributed by atoms with E-state index in [2.05, 4.69) is 0 Å². The molecular formula is C6H4F3NO2Si. The lowest BCUT2D eigenvalue weighted by Gasteiger charge is -2.02. The molecule has 0 aromatic heterocycles. The van der Waals surface area contributed by atoms with Gasteiger partial charge in [-0.25, -0.2) is 12.3 Å². The lowest BCUT2D eigenvalue weighted by Crippen LogP contribution is -2.35. The summed E-state index contributed by atoms with van der Waals surface area (Å²) in [6, 6.07) is 3.95. The third kappa shape index (κ3) is 2.05. The van der Waals surface area contributed by atoms with Gasteiger partial charge in [0.25, 0.3) is 5.69 Å². The summed E-state index contributed by atoms with van der Waals surface area (Å²) in [5, 5.41) is 9.11. The van der Waals surface area contributed by atoms with Crippen LogP contribution in [0.3, 0.4) is 0 Å². The fourth-order valence-electron chi connectivity index (χ4n) is 0.873. The molecule has 0 saturated heterocycles. The Balaban J connectivity index is 3.28. The van der Waals surface area contributed by atoms with E-state index in [0.717, 1.165) is 18.2 Å². The maximum absolute atomic E-state index is 12.2. The Bertz CT molecular complexity index is 339. The summed E-state index contributed by atoms with van der Waals surface area (Å²) in [7, 11) is -6.08. The number of hydrogen-bond acceptors (Lipinski definition) is 2. The van der Waals surface area contributed by atoms with E-state index in [1.807, 2.05) is 0 Å². The molecule has 7 heteroatoms. The Kier molecular flexibility index (Phi) is 2.37. The smallest absolute Gasteiger partial charge is 0.258 e. The molecule has 0 atom stereocenters. The number of halogens is 3. The van der Waals surface area contributed by atoms with Gasteiger partial charge < -0.3 is 0 Å². The first-order valence-corrected chi connectivity index (χ1v) is 4.87. The number of rotatable bonds is 2. The molecule has 0 unspecified atom stereocenters. The largest absolute Gasteiger partial charge is 0.660 e. The molecule has 0 N–H and O–H groups in total. The van der Waals surface area contributed by atoms with Gasteiger partial charge >= 0.3 is 9.08 Å². The Morgan fingerprint density at radius 3 is 2.15 bits per heavy atom. The predicted octanol–water partition coefficient (Wildman–Crippen LogP) is 1.65. The number of benzene rings is 1. The lowest BCUT2D eigenvalue weighted by atomic mass is 10.3. The van der Waals surface area contributed by atoms with Crippen LogP contribution < -0.4 is 5.19 Å². The van der Waals surface area contributed by atoms with Gasteiger partial charge in [-0.3, -0.25) is 10.1 Å². The van der Waals surface area contributed by atoms with Crippen LogP contribution in [-0.2, 0) is 0 Å². The molecular weight excluding hydrogens is 203 g/mol. The zero-order valence-electron chi connectivity index (χ0n) is 6.21. The summed E-state index contributed by atoms with van der Waals surface area (Å²) in [5.74, 6) is 0. The van der Waals surface area contributed by atoms with Gasteiger partial charge in [-0.15, -0.1) is 0 Å². The third-order valence-corrected chi connectivity index (χ3v) is 2.44. The van der Waals surface area contributed by atoms with E-state index in [1.165, 1.54) is 6.07 Å². The van der Waals surface area contributed by atoms with Crippen LogP contribution in [0.4, 0.5) is 18.0 Å². The van der Waals surface area contributed by atoms with Crippen molar-refractivity contribution in [3.8, 4) is 0 Å². The minimum atomic E-state index is -6.08. The van der Waals surface area contributed by atoms with Gasteiger partial charge in [0.15, 0.2) is 0 Å². The minimum absolute atomic E-state index is 0.740. The van der Waals surface area contributed by atoms with Crippen molar-refractivity contribution in [2.24, 2.45) is 0 Å². The van der Waals surface area contributed by atoms with Crippen LogP contribution in [-0.4, -0.2) is 14.0 Å². The van der Waals surface area contributed by atoms with Crippen LogP contribution in [0.1, 0.15) is 0 Å². The van der Waals surface area contributed by atoms with E-state index in [4.69, 9.17) is 0 Å². The van der Waals surface area contributed by atoms with Crippen molar-refractivity contribution in [3.63, 3.8) is 0 Å². The van der Waals surface area contributed by atoms with Crippen LogP contribution in [0.15, 0.2) is 24.3 Å².